The fourth-order valence-corrected chi connectivity index (χ4v) is 1.84. The average Bonchev–Trinajstić information content (AvgIpc) is 2.52. The Morgan fingerprint density at radius 1 is 1.23 bits per heavy atom. The summed E-state index contributed by atoms with van der Waals surface area (Å²) in [4.78, 5) is 2.44. The summed E-state index contributed by atoms with van der Waals surface area (Å²) in [5.41, 5.74) is 0. The molecule has 0 saturated carbocycles. The standard InChI is InChI=1S/C11H23NO/c1-3-4-5-6-7-8-12-9-10-13-11(12)2/h11H,3-10H2,1-2H3. The van der Waals surface area contributed by atoms with Crippen LogP contribution in [0.5, 0.6) is 0 Å². The number of nitrogens with zero attached hydrogens (tertiary/aromatic N) is 1. The highest BCUT2D eigenvalue weighted by Crippen LogP contribution is 2.11. The average molecular weight is 185 g/mol. The van der Waals surface area contributed by atoms with Crippen LogP contribution in [0.4, 0.5) is 0 Å². The van der Waals surface area contributed by atoms with E-state index in [1.54, 1.807) is 0 Å². The van der Waals surface area contributed by atoms with Gasteiger partial charge in [0.25, 0.3) is 0 Å². The second-order valence-electron chi connectivity index (χ2n) is 3.92. The van der Waals surface area contributed by atoms with Crippen molar-refractivity contribution in [2.75, 3.05) is 19.7 Å². The molecular weight excluding hydrogens is 162 g/mol. The number of ether oxygens (including phenoxy) is 1. The fraction of sp³-hybridized carbons (Fsp3) is 1.00. The van der Waals surface area contributed by atoms with Crippen LogP contribution in [-0.4, -0.2) is 30.8 Å². The Morgan fingerprint density at radius 2 is 2.00 bits per heavy atom. The zero-order chi connectivity index (χ0) is 9.52. The molecule has 1 heterocycles. The Balaban J connectivity index is 1.93. The molecule has 1 aliphatic heterocycles. The molecular formula is C11H23NO. The van der Waals surface area contributed by atoms with Crippen LogP contribution < -0.4 is 0 Å². The molecule has 0 N–H and O–H groups in total. The summed E-state index contributed by atoms with van der Waals surface area (Å²) in [7, 11) is 0. The molecule has 0 amide bonds. The first-order chi connectivity index (χ1) is 6.34. The highest BCUT2D eigenvalue weighted by molar-refractivity contribution is 4.65. The first-order valence-corrected chi connectivity index (χ1v) is 5.70. The summed E-state index contributed by atoms with van der Waals surface area (Å²) in [6, 6.07) is 0. The van der Waals surface area contributed by atoms with E-state index in [1.165, 1.54) is 38.6 Å². The number of hydrogen-bond donors (Lipinski definition) is 0. The molecule has 0 bridgehead atoms. The van der Waals surface area contributed by atoms with Gasteiger partial charge in [0.2, 0.25) is 0 Å². The molecule has 0 spiro atoms. The molecule has 2 heteroatoms. The quantitative estimate of drug-likeness (QED) is 0.590. The van der Waals surface area contributed by atoms with Gasteiger partial charge in [0, 0.05) is 13.1 Å². The van der Waals surface area contributed by atoms with E-state index in [0.717, 1.165) is 13.2 Å². The maximum Gasteiger partial charge on any atom is 0.107 e. The van der Waals surface area contributed by atoms with Crippen LogP contribution in [0.15, 0.2) is 0 Å². The van der Waals surface area contributed by atoms with Gasteiger partial charge in [-0.05, 0) is 13.3 Å². The Hall–Kier alpha value is -0.0800. The molecule has 1 fully saturated rings. The topological polar surface area (TPSA) is 12.5 Å². The molecule has 0 aromatic heterocycles. The minimum Gasteiger partial charge on any atom is -0.362 e. The molecule has 78 valence electrons. The second kappa shape index (κ2) is 6.39. The summed E-state index contributed by atoms with van der Waals surface area (Å²) in [5, 5.41) is 0. The van der Waals surface area contributed by atoms with E-state index in [0.29, 0.717) is 6.23 Å². The molecule has 2 nitrogen and oxygen atoms in total. The van der Waals surface area contributed by atoms with Crippen molar-refractivity contribution in [2.24, 2.45) is 0 Å². The van der Waals surface area contributed by atoms with E-state index >= 15 is 0 Å². The van der Waals surface area contributed by atoms with Crippen molar-refractivity contribution in [3.63, 3.8) is 0 Å². The molecule has 1 rings (SSSR count). The van der Waals surface area contributed by atoms with E-state index in [1.807, 2.05) is 0 Å². The van der Waals surface area contributed by atoms with Crippen LogP contribution in [-0.2, 0) is 4.74 Å². The van der Waals surface area contributed by atoms with Crippen LogP contribution in [0, 0.1) is 0 Å². The third-order valence-corrected chi connectivity index (χ3v) is 2.80. The predicted octanol–water partition coefficient (Wildman–Crippen LogP) is 2.64. The van der Waals surface area contributed by atoms with Gasteiger partial charge in [-0.3, -0.25) is 4.90 Å². The van der Waals surface area contributed by atoms with Gasteiger partial charge < -0.3 is 4.74 Å². The van der Waals surface area contributed by atoms with Crippen LogP contribution in [0.1, 0.15) is 46.0 Å². The Morgan fingerprint density at radius 3 is 2.62 bits per heavy atom. The number of unbranched alkanes of at least 4 members (excludes halogenated alkanes) is 4. The van der Waals surface area contributed by atoms with Crippen molar-refractivity contribution in [3.05, 3.63) is 0 Å². The van der Waals surface area contributed by atoms with Crippen LogP contribution in [0.3, 0.4) is 0 Å². The molecule has 13 heavy (non-hydrogen) atoms. The van der Waals surface area contributed by atoms with E-state index in [-0.39, 0.29) is 0 Å². The molecule has 0 aromatic carbocycles. The summed E-state index contributed by atoms with van der Waals surface area (Å²) in [5.74, 6) is 0. The predicted molar refractivity (Wildman–Crippen MR) is 55.7 cm³/mol. The SMILES string of the molecule is CCCCCCCN1CCOC1C. The van der Waals surface area contributed by atoms with E-state index < -0.39 is 0 Å². The van der Waals surface area contributed by atoms with Gasteiger partial charge in [-0.15, -0.1) is 0 Å². The maximum atomic E-state index is 5.47. The first kappa shape index (κ1) is 11.0. The summed E-state index contributed by atoms with van der Waals surface area (Å²) in [6.45, 7) is 7.70. The van der Waals surface area contributed by atoms with Crippen molar-refractivity contribution in [1.82, 2.24) is 4.90 Å². The van der Waals surface area contributed by atoms with Gasteiger partial charge in [0.05, 0.1) is 6.61 Å². The Labute approximate surface area is 82.3 Å². The molecule has 1 atom stereocenters. The van der Waals surface area contributed by atoms with E-state index in [9.17, 15) is 0 Å². The van der Waals surface area contributed by atoms with Gasteiger partial charge in [-0.25, -0.2) is 0 Å². The lowest BCUT2D eigenvalue weighted by molar-refractivity contribution is 0.0489. The lowest BCUT2D eigenvalue weighted by Crippen LogP contribution is -2.28. The van der Waals surface area contributed by atoms with Gasteiger partial charge in [-0.1, -0.05) is 32.6 Å². The van der Waals surface area contributed by atoms with Gasteiger partial charge >= 0.3 is 0 Å². The maximum absolute atomic E-state index is 5.47. The van der Waals surface area contributed by atoms with Gasteiger partial charge in [-0.2, -0.15) is 0 Å². The fourth-order valence-electron chi connectivity index (χ4n) is 1.84. The second-order valence-corrected chi connectivity index (χ2v) is 3.92. The zero-order valence-corrected chi connectivity index (χ0v) is 9.09. The monoisotopic (exact) mass is 185 g/mol. The lowest BCUT2D eigenvalue weighted by atomic mass is 10.1. The largest absolute Gasteiger partial charge is 0.362 e. The minimum atomic E-state index is 0.367. The highest BCUT2D eigenvalue weighted by atomic mass is 16.5. The molecule has 0 aliphatic carbocycles. The molecule has 1 unspecified atom stereocenters. The van der Waals surface area contributed by atoms with Crippen molar-refractivity contribution < 1.29 is 4.74 Å². The smallest absolute Gasteiger partial charge is 0.107 e. The van der Waals surface area contributed by atoms with Crippen LogP contribution in [0.25, 0.3) is 0 Å². The third kappa shape index (κ3) is 4.10. The van der Waals surface area contributed by atoms with Crippen molar-refractivity contribution >= 4 is 0 Å². The summed E-state index contributed by atoms with van der Waals surface area (Å²) in [6.07, 6.45) is 7.23. The lowest BCUT2D eigenvalue weighted by Gasteiger charge is -2.18. The van der Waals surface area contributed by atoms with Crippen molar-refractivity contribution in [2.45, 2.75) is 52.2 Å². The highest BCUT2D eigenvalue weighted by Gasteiger charge is 2.19. The normalized spacial score (nSPS) is 24.0. The molecule has 0 radical (unpaired) electrons. The van der Waals surface area contributed by atoms with Gasteiger partial charge in [0.15, 0.2) is 0 Å². The number of hydrogen-bond acceptors (Lipinski definition) is 2. The zero-order valence-electron chi connectivity index (χ0n) is 9.09. The molecule has 1 aliphatic rings. The minimum absolute atomic E-state index is 0.367. The van der Waals surface area contributed by atoms with Crippen LogP contribution >= 0.6 is 0 Å². The van der Waals surface area contributed by atoms with Crippen molar-refractivity contribution in [1.29, 1.82) is 0 Å². The van der Waals surface area contributed by atoms with E-state index in [4.69, 9.17) is 4.74 Å². The van der Waals surface area contributed by atoms with E-state index in [2.05, 4.69) is 18.7 Å². The summed E-state index contributed by atoms with van der Waals surface area (Å²) >= 11 is 0. The number of rotatable bonds is 6. The third-order valence-electron chi connectivity index (χ3n) is 2.80. The summed E-state index contributed by atoms with van der Waals surface area (Å²) < 4.78 is 5.47. The van der Waals surface area contributed by atoms with Gasteiger partial charge in [0.1, 0.15) is 6.23 Å². The molecule has 0 aromatic rings. The van der Waals surface area contributed by atoms with Crippen molar-refractivity contribution in [3.8, 4) is 0 Å². The Bertz CT molecular complexity index is 127. The Kier molecular flexibility index (Phi) is 5.40. The molecule has 1 saturated heterocycles. The van der Waals surface area contributed by atoms with Crippen LogP contribution in [0.2, 0.25) is 0 Å². The first-order valence-electron chi connectivity index (χ1n) is 5.70.